The minimum Gasteiger partial charge on any atom is -0.497 e. The maximum absolute atomic E-state index is 12.9. The second kappa shape index (κ2) is 4.72. The molecule has 3 rings (SSSR count). The number of benzene rings is 1. The Morgan fingerprint density at radius 1 is 1.10 bits per heavy atom. The molecule has 0 spiro atoms. The van der Waals surface area contributed by atoms with E-state index < -0.39 is 11.9 Å². The van der Waals surface area contributed by atoms with Crippen LogP contribution >= 0.6 is 0 Å². The van der Waals surface area contributed by atoms with Gasteiger partial charge in [0, 0.05) is 11.8 Å². The molecule has 0 unspecified atom stereocenters. The summed E-state index contributed by atoms with van der Waals surface area (Å²) in [5.74, 6) is 0.703. The van der Waals surface area contributed by atoms with Crippen molar-refractivity contribution >= 4 is 5.78 Å². The minimum absolute atomic E-state index is 0.101. The molecule has 0 saturated carbocycles. The lowest BCUT2D eigenvalue weighted by Crippen LogP contribution is -2.12. The summed E-state index contributed by atoms with van der Waals surface area (Å²) in [5, 5.41) is 3.89. The van der Waals surface area contributed by atoms with Gasteiger partial charge >= 0.3 is 6.18 Å². The van der Waals surface area contributed by atoms with E-state index in [1.807, 2.05) is 0 Å². The fraction of sp³-hybridized carbons (Fsp3) is 0.154. The molecule has 1 aromatic carbocycles. The highest BCUT2D eigenvalue weighted by Crippen LogP contribution is 2.29. The van der Waals surface area contributed by atoms with Gasteiger partial charge < -0.3 is 4.74 Å². The van der Waals surface area contributed by atoms with E-state index >= 15 is 0 Å². The Bertz CT molecular complexity index is 780. The van der Waals surface area contributed by atoms with Crippen molar-refractivity contribution in [2.75, 3.05) is 7.11 Å². The third kappa shape index (κ3) is 2.39. The quantitative estimate of drug-likeness (QED) is 0.729. The van der Waals surface area contributed by atoms with E-state index in [0.717, 1.165) is 12.3 Å². The molecule has 2 heterocycles. The van der Waals surface area contributed by atoms with Crippen molar-refractivity contribution in [2.24, 2.45) is 0 Å². The first kappa shape index (κ1) is 13.3. The van der Waals surface area contributed by atoms with E-state index in [9.17, 15) is 13.2 Å². The molecule has 0 saturated heterocycles. The van der Waals surface area contributed by atoms with Gasteiger partial charge in [0.25, 0.3) is 5.78 Å². The Balaban J connectivity index is 2.12. The molecule has 0 atom stereocenters. The summed E-state index contributed by atoms with van der Waals surface area (Å²) in [6.45, 7) is 0. The summed E-state index contributed by atoms with van der Waals surface area (Å²) in [6.07, 6.45) is -3.46. The lowest BCUT2D eigenvalue weighted by molar-refractivity contribution is -0.142. The third-order valence-electron chi connectivity index (χ3n) is 2.88. The van der Waals surface area contributed by atoms with Crippen molar-refractivity contribution in [3.63, 3.8) is 0 Å². The number of alkyl halides is 3. The number of ether oxygens (including phenoxy) is 1. The SMILES string of the molecule is COc1ccc(-c2nc3nccc(C(F)(F)F)n3n2)cc1. The fourth-order valence-corrected chi connectivity index (χ4v) is 1.87. The van der Waals surface area contributed by atoms with Crippen LogP contribution in [0.3, 0.4) is 0 Å². The van der Waals surface area contributed by atoms with Crippen molar-refractivity contribution in [3.8, 4) is 17.1 Å². The fourth-order valence-electron chi connectivity index (χ4n) is 1.87. The number of aromatic nitrogens is 4. The Kier molecular flexibility index (Phi) is 3.00. The predicted octanol–water partition coefficient (Wildman–Crippen LogP) is 2.82. The minimum atomic E-state index is -4.52. The van der Waals surface area contributed by atoms with Gasteiger partial charge in [-0.2, -0.15) is 22.7 Å². The van der Waals surface area contributed by atoms with Crippen LogP contribution in [-0.4, -0.2) is 26.7 Å². The topological polar surface area (TPSA) is 52.3 Å². The van der Waals surface area contributed by atoms with E-state index in [0.29, 0.717) is 15.8 Å². The normalized spacial score (nSPS) is 11.8. The second-order valence-corrected chi connectivity index (χ2v) is 4.20. The number of nitrogens with zero attached hydrogens (tertiary/aromatic N) is 4. The van der Waals surface area contributed by atoms with E-state index in [2.05, 4.69) is 15.1 Å². The van der Waals surface area contributed by atoms with Crippen LogP contribution in [0.4, 0.5) is 13.2 Å². The summed E-state index contributed by atoms with van der Waals surface area (Å²) in [5.41, 5.74) is -0.339. The summed E-state index contributed by atoms with van der Waals surface area (Å²) in [7, 11) is 1.53. The molecular weight excluding hydrogens is 285 g/mol. The smallest absolute Gasteiger partial charge is 0.433 e. The van der Waals surface area contributed by atoms with E-state index in [4.69, 9.17) is 4.74 Å². The van der Waals surface area contributed by atoms with Gasteiger partial charge in [0.15, 0.2) is 11.5 Å². The molecule has 2 aromatic heterocycles. The molecule has 0 amide bonds. The van der Waals surface area contributed by atoms with Gasteiger partial charge in [0.2, 0.25) is 0 Å². The van der Waals surface area contributed by atoms with Crippen LogP contribution in [-0.2, 0) is 6.18 Å². The lowest BCUT2D eigenvalue weighted by atomic mass is 10.2. The van der Waals surface area contributed by atoms with Crippen LogP contribution in [0.15, 0.2) is 36.5 Å². The molecular formula is C13H9F3N4O. The van der Waals surface area contributed by atoms with Crippen molar-refractivity contribution in [1.29, 1.82) is 0 Å². The molecule has 0 N–H and O–H groups in total. The molecule has 3 aromatic rings. The van der Waals surface area contributed by atoms with Gasteiger partial charge in [-0.05, 0) is 30.3 Å². The number of fused-ring (bicyclic) bond motifs is 1. The zero-order valence-corrected chi connectivity index (χ0v) is 10.8. The van der Waals surface area contributed by atoms with Gasteiger partial charge in [-0.3, -0.25) is 0 Å². The van der Waals surface area contributed by atoms with Crippen molar-refractivity contribution in [3.05, 3.63) is 42.2 Å². The summed E-state index contributed by atoms with van der Waals surface area (Å²) < 4.78 is 44.4. The zero-order valence-electron chi connectivity index (χ0n) is 10.8. The highest BCUT2D eigenvalue weighted by atomic mass is 19.4. The van der Waals surface area contributed by atoms with Gasteiger partial charge in [0.05, 0.1) is 7.11 Å². The summed E-state index contributed by atoms with van der Waals surface area (Å²) in [6, 6.07) is 7.56. The van der Waals surface area contributed by atoms with Gasteiger partial charge in [-0.15, -0.1) is 5.10 Å². The van der Waals surface area contributed by atoms with Crippen LogP contribution in [0.25, 0.3) is 17.2 Å². The Hall–Kier alpha value is -2.64. The van der Waals surface area contributed by atoms with E-state index in [1.54, 1.807) is 24.3 Å². The van der Waals surface area contributed by atoms with Gasteiger partial charge in [-0.25, -0.2) is 4.98 Å². The second-order valence-electron chi connectivity index (χ2n) is 4.20. The molecule has 0 fully saturated rings. The Morgan fingerprint density at radius 3 is 2.43 bits per heavy atom. The Labute approximate surface area is 117 Å². The standard InChI is InChI=1S/C13H9F3N4O/c1-21-9-4-2-8(3-5-9)11-18-12-17-7-6-10(13(14,15)16)20(12)19-11/h2-7H,1H3. The van der Waals surface area contributed by atoms with Crippen LogP contribution in [0.1, 0.15) is 5.69 Å². The van der Waals surface area contributed by atoms with Crippen molar-refractivity contribution in [1.82, 2.24) is 19.6 Å². The number of rotatable bonds is 2. The highest BCUT2D eigenvalue weighted by Gasteiger charge is 2.34. The first-order valence-corrected chi connectivity index (χ1v) is 5.92. The average Bonchev–Trinajstić information content (AvgIpc) is 2.90. The van der Waals surface area contributed by atoms with E-state index in [-0.39, 0.29) is 11.6 Å². The maximum atomic E-state index is 12.9. The van der Waals surface area contributed by atoms with Crippen LogP contribution in [0.5, 0.6) is 5.75 Å². The number of halogens is 3. The number of methoxy groups -OCH3 is 1. The molecule has 0 bridgehead atoms. The van der Waals surface area contributed by atoms with E-state index in [1.165, 1.54) is 7.11 Å². The monoisotopic (exact) mass is 294 g/mol. The Morgan fingerprint density at radius 2 is 1.81 bits per heavy atom. The molecule has 21 heavy (non-hydrogen) atoms. The highest BCUT2D eigenvalue weighted by molar-refractivity contribution is 5.58. The molecule has 5 nitrogen and oxygen atoms in total. The number of hydrogen-bond donors (Lipinski definition) is 0. The first-order chi connectivity index (χ1) is 9.99. The predicted molar refractivity (Wildman–Crippen MR) is 67.8 cm³/mol. The van der Waals surface area contributed by atoms with Crippen molar-refractivity contribution in [2.45, 2.75) is 6.18 Å². The zero-order chi connectivity index (χ0) is 15.0. The molecule has 108 valence electrons. The summed E-state index contributed by atoms with van der Waals surface area (Å²) >= 11 is 0. The molecule has 0 aliphatic heterocycles. The third-order valence-corrected chi connectivity index (χ3v) is 2.88. The number of hydrogen-bond acceptors (Lipinski definition) is 4. The average molecular weight is 294 g/mol. The largest absolute Gasteiger partial charge is 0.497 e. The summed E-state index contributed by atoms with van der Waals surface area (Å²) in [4.78, 5) is 7.81. The molecule has 8 heteroatoms. The first-order valence-electron chi connectivity index (χ1n) is 5.92. The van der Waals surface area contributed by atoms with Crippen LogP contribution in [0.2, 0.25) is 0 Å². The lowest BCUT2D eigenvalue weighted by Gasteiger charge is -2.06. The van der Waals surface area contributed by atoms with Crippen LogP contribution in [0, 0.1) is 0 Å². The van der Waals surface area contributed by atoms with Gasteiger partial charge in [0.1, 0.15) is 5.75 Å². The maximum Gasteiger partial charge on any atom is 0.433 e. The molecule has 0 radical (unpaired) electrons. The van der Waals surface area contributed by atoms with Crippen molar-refractivity contribution < 1.29 is 17.9 Å². The van der Waals surface area contributed by atoms with Crippen LogP contribution < -0.4 is 4.74 Å². The van der Waals surface area contributed by atoms with Gasteiger partial charge in [-0.1, -0.05) is 0 Å². The molecule has 0 aliphatic carbocycles. The molecule has 0 aliphatic rings.